The highest BCUT2D eigenvalue weighted by Gasteiger charge is 2.46. The maximum absolute atomic E-state index is 12.1. The van der Waals surface area contributed by atoms with E-state index < -0.39 is 0 Å². The monoisotopic (exact) mass is 226 g/mol. The number of nitrogens with two attached hydrogens (primary N) is 1. The number of carbonyl (C=O) groups excluding carboxylic acids is 1. The molecule has 2 saturated heterocycles. The summed E-state index contributed by atoms with van der Waals surface area (Å²) in [6.07, 6.45) is 1.08. The second-order valence-electron chi connectivity index (χ2n) is 5.66. The summed E-state index contributed by atoms with van der Waals surface area (Å²) >= 11 is 0. The van der Waals surface area contributed by atoms with Gasteiger partial charge in [0.1, 0.15) is 0 Å². The zero-order valence-electron chi connectivity index (χ0n) is 10.4. The Bertz CT molecular complexity index is 285. The first-order chi connectivity index (χ1) is 7.42. The van der Waals surface area contributed by atoms with Crippen LogP contribution in [0.3, 0.4) is 0 Å². The van der Waals surface area contributed by atoms with Gasteiger partial charge >= 0.3 is 0 Å². The molecule has 2 fully saturated rings. The Kier molecular flexibility index (Phi) is 2.97. The summed E-state index contributed by atoms with van der Waals surface area (Å²) in [7, 11) is 0. The van der Waals surface area contributed by atoms with Crippen molar-refractivity contribution in [3.63, 3.8) is 0 Å². The van der Waals surface area contributed by atoms with Crippen LogP contribution in [0.4, 0.5) is 0 Å². The lowest BCUT2D eigenvalue weighted by Gasteiger charge is -2.51. The molecule has 2 N–H and O–H groups in total. The molecular formula is C12H22N2O2. The fourth-order valence-electron chi connectivity index (χ4n) is 2.43. The van der Waals surface area contributed by atoms with Crippen molar-refractivity contribution in [2.45, 2.75) is 38.8 Å². The van der Waals surface area contributed by atoms with Crippen LogP contribution in [-0.4, -0.2) is 42.1 Å². The normalized spacial score (nSPS) is 32.9. The lowest BCUT2D eigenvalue weighted by molar-refractivity contribution is -0.144. The third-order valence-electron chi connectivity index (χ3n) is 3.98. The number of nitrogens with zero attached hydrogens (tertiary/aromatic N) is 1. The van der Waals surface area contributed by atoms with E-state index in [0.717, 1.165) is 6.42 Å². The number of ether oxygens (including phenoxy) is 1. The molecule has 0 spiro atoms. The average molecular weight is 226 g/mol. The molecule has 16 heavy (non-hydrogen) atoms. The molecule has 0 aromatic heterocycles. The van der Waals surface area contributed by atoms with Gasteiger partial charge in [0.2, 0.25) is 5.91 Å². The molecule has 0 aromatic carbocycles. The third-order valence-corrected chi connectivity index (χ3v) is 3.98. The number of amides is 1. The molecule has 4 nitrogen and oxygen atoms in total. The van der Waals surface area contributed by atoms with E-state index in [1.54, 1.807) is 0 Å². The Labute approximate surface area is 97.1 Å². The predicted octanol–water partition coefficient (Wildman–Crippen LogP) is 0.607. The first-order valence-electron chi connectivity index (χ1n) is 6.11. The van der Waals surface area contributed by atoms with E-state index in [4.69, 9.17) is 10.5 Å². The summed E-state index contributed by atoms with van der Waals surface area (Å²) in [5.74, 6) is 0.716. The maximum Gasteiger partial charge on any atom is 0.228 e. The van der Waals surface area contributed by atoms with Gasteiger partial charge in [-0.25, -0.2) is 0 Å². The van der Waals surface area contributed by atoms with Crippen LogP contribution in [0.1, 0.15) is 27.2 Å². The molecule has 2 aliphatic heterocycles. The summed E-state index contributed by atoms with van der Waals surface area (Å²) in [6, 6.07) is 0. The smallest absolute Gasteiger partial charge is 0.228 e. The van der Waals surface area contributed by atoms with E-state index in [1.165, 1.54) is 0 Å². The van der Waals surface area contributed by atoms with Gasteiger partial charge in [0, 0.05) is 13.1 Å². The Hall–Kier alpha value is -0.610. The summed E-state index contributed by atoms with van der Waals surface area (Å²) in [6.45, 7) is 8.23. The molecule has 2 heterocycles. The first kappa shape index (κ1) is 11.9. The minimum atomic E-state index is -0.166. The van der Waals surface area contributed by atoms with Crippen molar-refractivity contribution in [2.24, 2.45) is 17.6 Å². The molecule has 1 amide bonds. The molecular weight excluding hydrogens is 204 g/mol. The largest absolute Gasteiger partial charge is 0.378 e. The van der Waals surface area contributed by atoms with Crippen molar-refractivity contribution in [1.29, 1.82) is 0 Å². The summed E-state index contributed by atoms with van der Waals surface area (Å²) in [5.41, 5.74) is 6.01. The van der Waals surface area contributed by atoms with Crippen LogP contribution in [0, 0.1) is 11.8 Å². The molecule has 2 rings (SSSR count). The Morgan fingerprint density at radius 2 is 2.12 bits per heavy atom. The molecule has 0 bridgehead atoms. The fourth-order valence-corrected chi connectivity index (χ4v) is 2.43. The molecule has 0 aromatic rings. The van der Waals surface area contributed by atoms with Crippen molar-refractivity contribution in [2.75, 3.05) is 19.7 Å². The SMILES string of the molecule is CC1CC(C(=O)N2CC(N)(C(C)C)C2)CO1. The second-order valence-corrected chi connectivity index (χ2v) is 5.66. The fraction of sp³-hybridized carbons (Fsp3) is 0.917. The van der Waals surface area contributed by atoms with E-state index in [1.807, 2.05) is 11.8 Å². The highest BCUT2D eigenvalue weighted by molar-refractivity contribution is 5.80. The molecule has 92 valence electrons. The van der Waals surface area contributed by atoms with Gasteiger partial charge in [-0.15, -0.1) is 0 Å². The summed E-state index contributed by atoms with van der Waals surface area (Å²) < 4.78 is 5.43. The van der Waals surface area contributed by atoms with E-state index in [-0.39, 0.29) is 23.5 Å². The van der Waals surface area contributed by atoms with E-state index >= 15 is 0 Å². The number of hydrogen-bond donors (Lipinski definition) is 1. The molecule has 0 aliphatic carbocycles. The topological polar surface area (TPSA) is 55.6 Å². The zero-order valence-corrected chi connectivity index (χ0v) is 10.4. The standard InChI is InChI=1S/C12H22N2O2/c1-8(2)12(13)6-14(7-12)11(15)10-4-9(3)16-5-10/h8-10H,4-7,13H2,1-3H3. The van der Waals surface area contributed by atoms with Crippen LogP contribution in [0.5, 0.6) is 0 Å². The number of hydrogen-bond acceptors (Lipinski definition) is 3. The van der Waals surface area contributed by atoms with Crippen LogP contribution < -0.4 is 5.73 Å². The van der Waals surface area contributed by atoms with Gasteiger partial charge in [0.05, 0.1) is 24.2 Å². The molecule has 2 atom stereocenters. The lowest BCUT2D eigenvalue weighted by atomic mass is 9.79. The van der Waals surface area contributed by atoms with E-state index in [9.17, 15) is 4.79 Å². The second kappa shape index (κ2) is 4.00. The maximum atomic E-state index is 12.1. The minimum absolute atomic E-state index is 0.0618. The van der Waals surface area contributed by atoms with Gasteiger partial charge < -0.3 is 15.4 Å². The van der Waals surface area contributed by atoms with E-state index in [0.29, 0.717) is 25.6 Å². The first-order valence-corrected chi connectivity index (χ1v) is 6.11. The van der Waals surface area contributed by atoms with Crippen LogP contribution in [0.25, 0.3) is 0 Å². The molecule has 0 radical (unpaired) electrons. The molecule has 0 saturated carbocycles. The quantitative estimate of drug-likeness (QED) is 0.750. The van der Waals surface area contributed by atoms with Crippen LogP contribution >= 0.6 is 0 Å². The Morgan fingerprint density at radius 1 is 1.50 bits per heavy atom. The minimum Gasteiger partial charge on any atom is -0.378 e. The van der Waals surface area contributed by atoms with Gasteiger partial charge in [-0.3, -0.25) is 4.79 Å². The highest BCUT2D eigenvalue weighted by Crippen LogP contribution is 2.30. The van der Waals surface area contributed by atoms with Crippen LogP contribution in [0.15, 0.2) is 0 Å². The summed E-state index contributed by atoms with van der Waals surface area (Å²) in [4.78, 5) is 14.0. The van der Waals surface area contributed by atoms with E-state index in [2.05, 4.69) is 13.8 Å². The van der Waals surface area contributed by atoms with Gasteiger partial charge in [-0.2, -0.15) is 0 Å². The van der Waals surface area contributed by atoms with Gasteiger partial charge in [0.25, 0.3) is 0 Å². The third kappa shape index (κ3) is 1.96. The zero-order chi connectivity index (χ0) is 11.9. The van der Waals surface area contributed by atoms with Crippen molar-refractivity contribution >= 4 is 5.91 Å². The molecule has 4 heteroatoms. The Morgan fingerprint density at radius 3 is 2.56 bits per heavy atom. The Balaban J connectivity index is 1.86. The van der Waals surface area contributed by atoms with Gasteiger partial charge in [-0.05, 0) is 19.3 Å². The van der Waals surface area contributed by atoms with Crippen molar-refractivity contribution in [3.05, 3.63) is 0 Å². The average Bonchev–Trinajstić information content (AvgIpc) is 2.58. The lowest BCUT2D eigenvalue weighted by Crippen LogP contribution is -2.71. The van der Waals surface area contributed by atoms with Crippen molar-refractivity contribution in [3.8, 4) is 0 Å². The number of rotatable bonds is 2. The highest BCUT2D eigenvalue weighted by atomic mass is 16.5. The van der Waals surface area contributed by atoms with Crippen molar-refractivity contribution in [1.82, 2.24) is 4.90 Å². The van der Waals surface area contributed by atoms with Crippen molar-refractivity contribution < 1.29 is 9.53 Å². The molecule has 2 aliphatic rings. The number of likely N-dealkylation sites (tertiary alicyclic amines) is 1. The number of carbonyl (C=O) groups is 1. The van der Waals surface area contributed by atoms with Gasteiger partial charge in [-0.1, -0.05) is 13.8 Å². The van der Waals surface area contributed by atoms with Gasteiger partial charge in [0.15, 0.2) is 0 Å². The van der Waals surface area contributed by atoms with Crippen LogP contribution in [-0.2, 0) is 9.53 Å². The predicted molar refractivity (Wildman–Crippen MR) is 61.9 cm³/mol. The molecule has 2 unspecified atom stereocenters. The summed E-state index contributed by atoms with van der Waals surface area (Å²) in [5, 5.41) is 0. The van der Waals surface area contributed by atoms with Crippen LogP contribution in [0.2, 0.25) is 0 Å².